The van der Waals surface area contributed by atoms with Crippen LogP contribution in [-0.2, 0) is 11.2 Å². The minimum absolute atomic E-state index is 0.115. The third-order valence-corrected chi connectivity index (χ3v) is 4.52. The number of methoxy groups -OCH3 is 1. The van der Waals surface area contributed by atoms with Crippen LogP contribution in [0.25, 0.3) is 6.08 Å². The molecule has 0 aliphatic carbocycles. The lowest BCUT2D eigenvalue weighted by Crippen LogP contribution is -2.23. The summed E-state index contributed by atoms with van der Waals surface area (Å²) in [7, 11) is 1.65. The van der Waals surface area contributed by atoms with Crippen LogP contribution in [-0.4, -0.2) is 32.8 Å². The summed E-state index contributed by atoms with van der Waals surface area (Å²) in [5.74, 6) is 2.19. The van der Waals surface area contributed by atoms with E-state index in [1.54, 1.807) is 13.2 Å². The van der Waals surface area contributed by atoms with E-state index in [0.717, 1.165) is 39.5 Å². The fourth-order valence-electron chi connectivity index (χ4n) is 3.11. The Kier molecular flexibility index (Phi) is 8.59. The van der Waals surface area contributed by atoms with Crippen LogP contribution in [0.15, 0.2) is 36.4 Å². The number of carbonyl (C=O) groups is 1. The van der Waals surface area contributed by atoms with Crippen LogP contribution < -0.4 is 19.5 Å². The summed E-state index contributed by atoms with van der Waals surface area (Å²) in [5.41, 5.74) is 4.27. The number of rotatable bonds is 10. The predicted octanol–water partition coefficient (Wildman–Crippen LogP) is 4.48. The summed E-state index contributed by atoms with van der Waals surface area (Å²) in [6.45, 7) is 9.63. The molecule has 0 atom stereocenters. The molecular weight excluding hydrogens is 366 g/mol. The van der Waals surface area contributed by atoms with Crippen molar-refractivity contribution in [2.75, 3.05) is 26.9 Å². The fraction of sp³-hybridized carbons (Fsp3) is 0.375. The second-order valence-corrected chi connectivity index (χ2v) is 6.70. The van der Waals surface area contributed by atoms with E-state index >= 15 is 0 Å². The van der Waals surface area contributed by atoms with E-state index < -0.39 is 0 Å². The van der Waals surface area contributed by atoms with Crippen molar-refractivity contribution in [2.45, 2.75) is 34.1 Å². The molecular formula is C24H31NO4. The summed E-state index contributed by atoms with van der Waals surface area (Å²) in [6, 6.07) is 9.82. The summed E-state index contributed by atoms with van der Waals surface area (Å²) >= 11 is 0. The highest BCUT2D eigenvalue weighted by atomic mass is 16.5. The quantitative estimate of drug-likeness (QED) is 0.601. The third-order valence-electron chi connectivity index (χ3n) is 4.52. The van der Waals surface area contributed by atoms with E-state index in [1.165, 1.54) is 0 Å². The first-order valence-electron chi connectivity index (χ1n) is 9.98. The molecule has 1 amide bonds. The lowest BCUT2D eigenvalue weighted by molar-refractivity contribution is -0.116. The summed E-state index contributed by atoms with van der Waals surface area (Å²) < 4.78 is 16.5. The van der Waals surface area contributed by atoms with Gasteiger partial charge in [-0.2, -0.15) is 0 Å². The van der Waals surface area contributed by atoms with E-state index in [9.17, 15) is 4.79 Å². The van der Waals surface area contributed by atoms with Crippen molar-refractivity contribution >= 4 is 12.0 Å². The van der Waals surface area contributed by atoms with Gasteiger partial charge in [0.05, 0.1) is 20.3 Å². The minimum atomic E-state index is -0.115. The molecule has 0 fully saturated rings. The molecule has 0 saturated carbocycles. The Labute approximate surface area is 173 Å². The van der Waals surface area contributed by atoms with Crippen LogP contribution in [0.2, 0.25) is 0 Å². The number of hydrogen-bond acceptors (Lipinski definition) is 4. The number of amides is 1. The van der Waals surface area contributed by atoms with Gasteiger partial charge >= 0.3 is 0 Å². The van der Waals surface area contributed by atoms with Crippen LogP contribution in [0.4, 0.5) is 0 Å². The average molecular weight is 398 g/mol. The second kappa shape index (κ2) is 11.1. The molecule has 156 valence electrons. The van der Waals surface area contributed by atoms with Crippen molar-refractivity contribution < 1.29 is 19.0 Å². The molecule has 0 aliphatic heterocycles. The first kappa shape index (κ1) is 22.3. The number of aryl methyl sites for hydroxylation is 2. The van der Waals surface area contributed by atoms with Crippen molar-refractivity contribution in [3.8, 4) is 17.2 Å². The topological polar surface area (TPSA) is 56.8 Å². The molecule has 0 unspecified atom stereocenters. The van der Waals surface area contributed by atoms with Crippen molar-refractivity contribution in [1.82, 2.24) is 5.32 Å². The molecule has 5 heteroatoms. The molecule has 0 radical (unpaired) electrons. The zero-order valence-electron chi connectivity index (χ0n) is 18.0. The lowest BCUT2D eigenvalue weighted by Gasteiger charge is -2.12. The van der Waals surface area contributed by atoms with Crippen LogP contribution in [0.3, 0.4) is 0 Å². The smallest absolute Gasteiger partial charge is 0.244 e. The van der Waals surface area contributed by atoms with E-state index in [0.29, 0.717) is 26.2 Å². The number of carbonyl (C=O) groups excluding carboxylic acids is 1. The Morgan fingerprint density at radius 1 is 1.00 bits per heavy atom. The maximum Gasteiger partial charge on any atom is 0.244 e. The summed E-state index contributed by atoms with van der Waals surface area (Å²) in [4.78, 5) is 12.2. The average Bonchev–Trinajstić information content (AvgIpc) is 2.69. The maximum atomic E-state index is 12.2. The molecule has 0 aliphatic rings. The number of ether oxygens (including phenoxy) is 3. The number of nitrogens with one attached hydrogen (secondary N) is 1. The zero-order chi connectivity index (χ0) is 21.2. The van der Waals surface area contributed by atoms with Crippen LogP contribution in [0.5, 0.6) is 17.2 Å². The minimum Gasteiger partial charge on any atom is -0.497 e. The van der Waals surface area contributed by atoms with Crippen molar-refractivity contribution in [2.24, 2.45) is 0 Å². The van der Waals surface area contributed by atoms with Gasteiger partial charge in [-0.25, -0.2) is 0 Å². The molecule has 0 aromatic heterocycles. The van der Waals surface area contributed by atoms with Gasteiger partial charge < -0.3 is 19.5 Å². The molecule has 2 aromatic rings. The Bertz CT molecular complexity index is 835. The second-order valence-electron chi connectivity index (χ2n) is 6.70. The van der Waals surface area contributed by atoms with Gasteiger partial charge in [0.15, 0.2) is 11.5 Å². The van der Waals surface area contributed by atoms with E-state index in [1.807, 2.05) is 64.1 Å². The van der Waals surface area contributed by atoms with Gasteiger partial charge in [0.1, 0.15) is 5.75 Å². The van der Waals surface area contributed by atoms with Gasteiger partial charge in [0, 0.05) is 12.6 Å². The molecule has 5 nitrogen and oxygen atoms in total. The van der Waals surface area contributed by atoms with Crippen molar-refractivity contribution in [1.29, 1.82) is 0 Å². The fourth-order valence-corrected chi connectivity index (χ4v) is 3.11. The van der Waals surface area contributed by atoms with Crippen molar-refractivity contribution in [3.63, 3.8) is 0 Å². The first-order chi connectivity index (χ1) is 14.0. The Morgan fingerprint density at radius 3 is 2.28 bits per heavy atom. The molecule has 29 heavy (non-hydrogen) atoms. The highest BCUT2D eigenvalue weighted by Crippen LogP contribution is 2.28. The SMILES string of the molecule is CCOc1ccc(CCNC(=O)/C=C/c2c(C)cc(OC)cc2C)cc1OCC. The Morgan fingerprint density at radius 2 is 1.66 bits per heavy atom. The van der Waals surface area contributed by atoms with Gasteiger partial charge in [-0.05, 0) is 86.7 Å². The van der Waals surface area contributed by atoms with Crippen LogP contribution in [0.1, 0.15) is 36.1 Å². The monoisotopic (exact) mass is 397 g/mol. The highest BCUT2D eigenvalue weighted by molar-refractivity contribution is 5.92. The Hall–Kier alpha value is -2.95. The van der Waals surface area contributed by atoms with Gasteiger partial charge in [0.2, 0.25) is 5.91 Å². The summed E-state index contributed by atoms with van der Waals surface area (Å²) in [6.07, 6.45) is 4.14. The highest BCUT2D eigenvalue weighted by Gasteiger charge is 2.07. The Balaban J connectivity index is 1.93. The molecule has 0 heterocycles. The van der Waals surface area contributed by atoms with Gasteiger partial charge in [0.25, 0.3) is 0 Å². The van der Waals surface area contributed by atoms with E-state index in [-0.39, 0.29) is 5.91 Å². The molecule has 2 rings (SSSR count). The largest absolute Gasteiger partial charge is 0.497 e. The van der Waals surface area contributed by atoms with Gasteiger partial charge in [-0.1, -0.05) is 6.07 Å². The predicted molar refractivity (Wildman–Crippen MR) is 117 cm³/mol. The van der Waals surface area contributed by atoms with Gasteiger partial charge in [-0.15, -0.1) is 0 Å². The van der Waals surface area contributed by atoms with Crippen LogP contribution >= 0.6 is 0 Å². The molecule has 1 N–H and O–H groups in total. The normalized spacial score (nSPS) is 10.8. The molecule has 0 bridgehead atoms. The number of hydrogen-bond donors (Lipinski definition) is 1. The van der Waals surface area contributed by atoms with Crippen molar-refractivity contribution in [3.05, 3.63) is 58.7 Å². The van der Waals surface area contributed by atoms with Crippen LogP contribution in [0, 0.1) is 13.8 Å². The summed E-state index contributed by atoms with van der Waals surface area (Å²) in [5, 5.41) is 2.93. The third kappa shape index (κ3) is 6.56. The standard InChI is InChI=1S/C24H31NO4/c1-6-28-22-10-8-19(16-23(22)29-7-2)12-13-25-24(26)11-9-21-17(3)14-20(27-5)15-18(21)4/h8-11,14-16H,6-7,12-13H2,1-5H3,(H,25,26)/b11-9+. The first-order valence-corrected chi connectivity index (χ1v) is 9.98. The lowest BCUT2D eigenvalue weighted by atomic mass is 10.0. The zero-order valence-corrected chi connectivity index (χ0v) is 18.0. The molecule has 2 aromatic carbocycles. The molecule has 0 spiro atoms. The maximum absolute atomic E-state index is 12.2. The number of benzene rings is 2. The van der Waals surface area contributed by atoms with E-state index in [2.05, 4.69) is 5.32 Å². The molecule has 0 saturated heterocycles. The van der Waals surface area contributed by atoms with E-state index in [4.69, 9.17) is 14.2 Å². The van der Waals surface area contributed by atoms with Gasteiger partial charge in [-0.3, -0.25) is 4.79 Å².